The molecule has 1 N–H and O–H groups in total. The number of hydrogen-bond donors (Lipinski definition) is 1. The van der Waals surface area contributed by atoms with Crippen LogP contribution in [-0.4, -0.2) is 36.2 Å². The molecule has 1 fully saturated rings. The Balaban J connectivity index is 1.95. The standard InChI is InChI=1S/C17H27BrN2O/c1-13-11-20(7-8-21-13)12-15-6-5-14(9-16(15)18)10-19-17(2,3)4/h5-6,9,13,19H,7-8,10-12H2,1-4H3. The Hall–Kier alpha value is -0.420. The van der Waals surface area contributed by atoms with Gasteiger partial charge in [-0.25, -0.2) is 0 Å². The van der Waals surface area contributed by atoms with Crippen molar-refractivity contribution in [3.05, 3.63) is 33.8 Å². The lowest BCUT2D eigenvalue weighted by atomic mass is 10.1. The van der Waals surface area contributed by atoms with Crippen LogP contribution in [0.3, 0.4) is 0 Å². The largest absolute Gasteiger partial charge is 0.376 e. The highest BCUT2D eigenvalue weighted by atomic mass is 79.9. The van der Waals surface area contributed by atoms with Crippen molar-refractivity contribution in [2.45, 2.75) is 52.4 Å². The van der Waals surface area contributed by atoms with E-state index in [1.165, 1.54) is 15.6 Å². The summed E-state index contributed by atoms with van der Waals surface area (Å²) in [6.07, 6.45) is 0.341. The zero-order chi connectivity index (χ0) is 15.5. The van der Waals surface area contributed by atoms with E-state index in [2.05, 4.69) is 72.0 Å². The normalized spacial score (nSPS) is 20.7. The zero-order valence-electron chi connectivity index (χ0n) is 13.6. The highest BCUT2D eigenvalue weighted by Crippen LogP contribution is 2.21. The Morgan fingerprint density at radius 1 is 1.38 bits per heavy atom. The van der Waals surface area contributed by atoms with E-state index in [0.717, 1.165) is 32.8 Å². The molecule has 0 bridgehead atoms. The van der Waals surface area contributed by atoms with E-state index in [9.17, 15) is 0 Å². The molecule has 4 heteroatoms. The maximum absolute atomic E-state index is 5.60. The van der Waals surface area contributed by atoms with Gasteiger partial charge < -0.3 is 10.1 Å². The van der Waals surface area contributed by atoms with E-state index >= 15 is 0 Å². The van der Waals surface area contributed by atoms with E-state index in [-0.39, 0.29) is 5.54 Å². The van der Waals surface area contributed by atoms with Gasteiger partial charge in [0, 0.05) is 36.2 Å². The lowest BCUT2D eigenvalue weighted by molar-refractivity contribution is -0.0212. The molecule has 0 radical (unpaired) electrons. The third-order valence-corrected chi connectivity index (χ3v) is 4.40. The summed E-state index contributed by atoms with van der Waals surface area (Å²) in [4.78, 5) is 2.46. The van der Waals surface area contributed by atoms with Crippen LogP contribution < -0.4 is 5.32 Å². The number of halogens is 1. The number of hydrogen-bond acceptors (Lipinski definition) is 3. The summed E-state index contributed by atoms with van der Waals surface area (Å²) < 4.78 is 6.80. The predicted octanol–water partition coefficient (Wildman–Crippen LogP) is 3.56. The van der Waals surface area contributed by atoms with E-state index < -0.39 is 0 Å². The predicted molar refractivity (Wildman–Crippen MR) is 91.4 cm³/mol. The molecule has 3 nitrogen and oxygen atoms in total. The van der Waals surface area contributed by atoms with Crippen LogP contribution in [0.25, 0.3) is 0 Å². The topological polar surface area (TPSA) is 24.5 Å². The number of morpholine rings is 1. The van der Waals surface area contributed by atoms with Gasteiger partial charge in [-0.05, 0) is 44.9 Å². The van der Waals surface area contributed by atoms with Crippen molar-refractivity contribution < 1.29 is 4.74 Å². The van der Waals surface area contributed by atoms with Crippen LogP contribution in [0.15, 0.2) is 22.7 Å². The van der Waals surface area contributed by atoms with E-state index in [1.54, 1.807) is 0 Å². The SMILES string of the molecule is CC1CN(Cc2ccc(CNC(C)(C)C)cc2Br)CCO1. The van der Waals surface area contributed by atoms with E-state index in [0.29, 0.717) is 6.10 Å². The van der Waals surface area contributed by atoms with Gasteiger partial charge in [-0.1, -0.05) is 28.1 Å². The number of nitrogens with zero attached hydrogens (tertiary/aromatic N) is 1. The van der Waals surface area contributed by atoms with Gasteiger partial charge in [-0.3, -0.25) is 4.90 Å². The fourth-order valence-electron chi connectivity index (χ4n) is 2.47. The van der Waals surface area contributed by atoms with Crippen molar-refractivity contribution in [2.24, 2.45) is 0 Å². The van der Waals surface area contributed by atoms with Crippen molar-refractivity contribution in [3.8, 4) is 0 Å². The Kier molecular flexibility index (Phi) is 5.83. The zero-order valence-corrected chi connectivity index (χ0v) is 15.2. The molecule has 2 rings (SSSR count). The summed E-state index contributed by atoms with van der Waals surface area (Å²) in [7, 11) is 0. The molecule has 0 amide bonds. The molecular weight excluding hydrogens is 328 g/mol. The molecule has 0 aliphatic carbocycles. The van der Waals surface area contributed by atoms with Gasteiger partial charge in [0.15, 0.2) is 0 Å². The van der Waals surface area contributed by atoms with Gasteiger partial charge in [0.1, 0.15) is 0 Å². The lowest BCUT2D eigenvalue weighted by Gasteiger charge is -2.31. The molecule has 1 aromatic rings. The quantitative estimate of drug-likeness (QED) is 0.894. The van der Waals surface area contributed by atoms with Crippen LogP contribution in [0.2, 0.25) is 0 Å². The first-order valence-corrected chi connectivity index (χ1v) is 8.49. The minimum absolute atomic E-state index is 0.148. The first kappa shape index (κ1) is 16.9. The highest BCUT2D eigenvalue weighted by Gasteiger charge is 2.17. The van der Waals surface area contributed by atoms with Crippen molar-refractivity contribution >= 4 is 15.9 Å². The van der Waals surface area contributed by atoms with Crippen LogP contribution in [0.4, 0.5) is 0 Å². The third-order valence-electron chi connectivity index (χ3n) is 3.66. The molecule has 118 valence electrons. The van der Waals surface area contributed by atoms with Crippen molar-refractivity contribution in [1.29, 1.82) is 0 Å². The van der Waals surface area contributed by atoms with Crippen LogP contribution in [-0.2, 0) is 17.8 Å². The van der Waals surface area contributed by atoms with Gasteiger partial charge in [-0.15, -0.1) is 0 Å². The molecule has 1 aliphatic rings. The van der Waals surface area contributed by atoms with E-state index in [1.807, 2.05) is 0 Å². The molecule has 1 heterocycles. The van der Waals surface area contributed by atoms with Gasteiger partial charge in [0.05, 0.1) is 12.7 Å². The maximum atomic E-state index is 5.60. The Bertz CT molecular complexity index is 470. The Morgan fingerprint density at radius 2 is 2.14 bits per heavy atom. The summed E-state index contributed by atoms with van der Waals surface area (Å²) >= 11 is 3.72. The molecule has 0 saturated carbocycles. The molecule has 1 unspecified atom stereocenters. The summed E-state index contributed by atoms with van der Waals surface area (Å²) in [5, 5.41) is 3.52. The van der Waals surface area contributed by atoms with Gasteiger partial charge in [0.2, 0.25) is 0 Å². The van der Waals surface area contributed by atoms with Crippen LogP contribution in [0, 0.1) is 0 Å². The van der Waals surface area contributed by atoms with Crippen LogP contribution in [0.5, 0.6) is 0 Å². The van der Waals surface area contributed by atoms with Crippen molar-refractivity contribution in [3.63, 3.8) is 0 Å². The average molecular weight is 355 g/mol. The van der Waals surface area contributed by atoms with Gasteiger partial charge >= 0.3 is 0 Å². The number of nitrogens with one attached hydrogen (secondary N) is 1. The lowest BCUT2D eigenvalue weighted by Crippen LogP contribution is -2.40. The Labute approximate surface area is 137 Å². The Morgan fingerprint density at radius 3 is 2.76 bits per heavy atom. The van der Waals surface area contributed by atoms with Crippen LogP contribution in [0.1, 0.15) is 38.8 Å². The molecule has 1 atom stereocenters. The first-order valence-electron chi connectivity index (χ1n) is 7.70. The van der Waals surface area contributed by atoms with E-state index in [4.69, 9.17) is 4.74 Å². The second-order valence-corrected chi connectivity index (χ2v) is 7.80. The van der Waals surface area contributed by atoms with Gasteiger partial charge in [-0.2, -0.15) is 0 Å². The maximum Gasteiger partial charge on any atom is 0.0674 e. The first-order chi connectivity index (χ1) is 9.83. The highest BCUT2D eigenvalue weighted by molar-refractivity contribution is 9.10. The fourth-order valence-corrected chi connectivity index (χ4v) is 3.02. The molecule has 0 aromatic heterocycles. The summed E-state index contributed by atoms with van der Waals surface area (Å²) in [6.45, 7) is 13.5. The summed E-state index contributed by atoms with van der Waals surface area (Å²) in [5.41, 5.74) is 2.81. The minimum atomic E-state index is 0.148. The molecule has 21 heavy (non-hydrogen) atoms. The second-order valence-electron chi connectivity index (χ2n) is 6.95. The third kappa shape index (κ3) is 5.70. The fraction of sp³-hybridized carbons (Fsp3) is 0.647. The van der Waals surface area contributed by atoms with Crippen molar-refractivity contribution in [2.75, 3.05) is 19.7 Å². The van der Waals surface area contributed by atoms with Gasteiger partial charge in [0.25, 0.3) is 0 Å². The van der Waals surface area contributed by atoms with Crippen molar-refractivity contribution in [1.82, 2.24) is 10.2 Å². The second kappa shape index (κ2) is 7.23. The average Bonchev–Trinajstić information content (AvgIpc) is 2.38. The number of rotatable bonds is 4. The number of ether oxygens (including phenoxy) is 1. The summed E-state index contributed by atoms with van der Waals surface area (Å²) in [6, 6.07) is 6.70. The minimum Gasteiger partial charge on any atom is -0.376 e. The molecular formula is C17H27BrN2O. The monoisotopic (exact) mass is 354 g/mol. The molecule has 0 spiro atoms. The molecule has 1 saturated heterocycles. The van der Waals surface area contributed by atoms with Crippen LogP contribution >= 0.6 is 15.9 Å². The smallest absolute Gasteiger partial charge is 0.0674 e. The summed E-state index contributed by atoms with van der Waals surface area (Å²) in [5.74, 6) is 0. The molecule has 1 aliphatic heterocycles. The molecule has 1 aromatic carbocycles. The number of benzene rings is 1.